The molecular weight excluding hydrogens is 226 g/mol. The van der Waals surface area contributed by atoms with Gasteiger partial charge in [-0.2, -0.15) is 0 Å². The van der Waals surface area contributed by atoms with Crippen molar-refractivity contribution in [3.8, 4) is 0 Å². The predicted molar refractivity (Wildman–Crippen MR) is 76.9 cm³/mol. The van der Waals surface area contributed by atoms with Crippen LogP contribution >= 0.6 is 0 Å². The van der Waals surface area contributed by atoms with Gasteiger partial charge in [-0.15, -0.1) is 0 Å². The summed E-state index contributed by atoms with van der Waals surface area (Å²) in [6, 6.07) is 2.37. The molecule has 0 aliphatic carbocycles. The first-order valence-corrected chi connectivity index (χ1v) is 6.37. The number of anilines is 2. The van der Waals surface area contributed by atoms with E-state index in [0.717, 1.165) is 24.6 Å². The zero-order chi connectivity index (χ0) is 13.8. The highest BCUT2D eigenvalue weighted by atomic mass is 15.2. The van der Waals surface area contributed by atoms with Gasteiger partial charge in [-0.1, -0.05) is 0 Å². The lowest BCUT2D eigenvalue weighted by molar-refractivity contribution is 0.490. The number of hydrogen-bond acceptors (Lipinski definition) is 5. The summed E-state index contributed by atoms with van der Waals surface area (Å²) in [5, 5.41) is 3.28. The van der Waals surface area contributed by atoms with Gasteiger partial charge >= 0.3 is 0 Å². The molecule has 0 atom stereocenters. The lowest BCUT2D eigenvalue weighted by Gasteiger charge is -2.23. The highest BCUT2D eigenvalue weighted by molar-refractivity contribution is 5.48. The largest absolute Gasteiger partial charge is 0.370 e. The van der Waals surface area contributed by atoms with Gasteiger partial charge in [0, 0.05) is 31.2 Å². The van der Waals surface area contributed by atoms with Gasteiger partial charge < -0.3 is 16.0 Å². The molecule has 102 valence electrons. The first-order valence-electron chi connectivity index (χ1n) is 6.37. The second kappa shape index (κ2) is 6.00. The van der Waals surface area contributed by atoms with Crippen LogP contribution in [0.15, 0.2) is 12.4 Å². The lowest BCUT2D eigenvalue weighted by atomic mass is 10.0. The molecule has 0 fully saturated rings. The van der Waals surface area contributed by atoms with Crippen molar-refractivity contribution in [2.24, 2.45) is 5.73 Å². The summed E-state index contributed by atoms with van der Waals surface area (Å²) in [5.41, 5.74) is 5.78. The summed E-state index contributed by atoms with van der Waals surface area (Å²) >= 11 is 0. The average Bonchev–Trinajstić information content (AvgIpc) is 2.26. The Morgan fingerprint density at radius 1 is 1.39 bits per heavy atom. The number of aromatic nitrogens is 2. The first-order chi connectivity index (χ1) is 8.29. The van der Waals surface area contributed by atoms with Gasteiger partial charge in [-0.25, -0.2) is 9.97 Å². The normalized spacial score (nSPS) is 11.7. The number of nitrogens with zero attached hydrogens (tertiary/aromatic N) is 3. The van der Waals surface area contributed by atoms with Crippen molar-refractivity contribution >= 4 is 11.6 Å². The molecule has 1 aromatic heterocycles. The van der Waals surface area contributed by atoms with Gasteiger partial charge in [0.25, 0.3) is 0 Å². The molecule has 0 aliphatic heterocycles. The van der Waals surface area contributed by atoms with E-state index in [0.29, 0.717) is 6.04 Å². The Kier molecular flexibility index (Phi) is 4.90. The van der Waals surface area contributed by atoms with Crippen LogP contribution in [-0.2, 0) is 0 Å². The molecule has 0 unspecified atom stereocenters. The molecule has 0 bridgehead atoms. The summed E-state index contributed by atoms with van der Waals surface area (Å²) in [6.07, 6.45) is 2.48. The van der Waals surface area contributed by atoms with E-state index in [2.05, 4.69) is 34.0 Å². The maximum atomic E-state index is 5.94. The van der Waals surface area contributed by atoms with Gasteiger partial charge in [0.1, 0.15) is 18.0 Å². The molecule has 1 aromatic rings. The molecular formula is C13H25N5. The third-order valence-corrected chi connectivity index (χ3v) is 2.86. The lowest BCUT2D eigenvalue weighted by Crippen LogP contribution is -2.34. The fraction of sp³-hybridized carbons (Fsp3) is 0.692. The van der Waals surface area contributed by atoms with E-state index in [1.807, 2.05) is 27.0 Å². The molecule has 0 amide bonds. The van der Waals surface area contributed by atoms with Gasteiger partial charge in [0.15, 0.2) is 0 Å². The molecule has 18 heavy (non-hydrogen) atoms. The van der Waals surface area contributed by atoms with Crippen molar-refractivity contribution < 1.29 is 0 Å². The molecule has 0 aromatic carbocycles. The minimum atomic E-state index is -0.155. The summed E-state index contributed by atoms with van der Waals surface area (Å²) in [5.74, 6) is 1.77. The summed E-state index contributed by atoms with van der Waals surface area (Å²) in [4.78, 5) is 10.6. The van der Waals surface area contributed by atoms with Crippen LogP contribution in [0.3, 0.4) is 0 Å². The topological polar surface area (TPSA) is 67.1 Å². The Morgan fingerprint density at radius 3 is 2.61 bits per heavy atom. The van der Waals surface area contributed by atoms with Crippen LogP contribution in [0.2, 0.25) is 0 Å². The summed E-state index contributed by atoms with van der Waals surface area (Å²) in [6.45, 7) is 9.11. The molecule has 5 heteroatoms. The summed E-state index contributed by atoms with van der Waals surface area (Å²) < 4.78 is 0. The first kappa shape index (κ1) is 14.7. The second-order valence-electron chi connectivity index (χ2n) is 5.63. The van der Waals surface area contributed by atoms with Gasteiger partial charge in [0.05, 0.1) is 0 Å². The highest BCUT2D eigenvalue weighted by Gasteiger charge is 2.10. The fourth-order valence-electron chi connectivity index (χ4n) is 1.41. The molecule has 0 radical (unpaired) electrons. The number of nitrogens with one attached hydrogen (secondary N) is 1. The third-order valence-electron chi connectivity index (χ3n) is 2.86. The van der Waals surface area contributed by atoms with E-state index < -0.39 is 0 Å². The SMILES string of the molecule is CC(C)N(C)c1cc(NCCC(C)(C)N)ncn1. The van der Waals surface area contributed by atoms with Crippen LogP contribution in [0.4, 0.5) is 11.6 Å². The number of hydrogen-bond donors (Lipinski definition) is 2. The molecule has 5 nitrogen and oxygen atoms in total. The van der Waals surface area contributed by atoms with E-state index in [1.165, 1.54) is 0 Å². The highest BCUT2D eigenvalue weighted by Crippen LogP contribution is 2.15. The predicted octanol–water partition coefficient (Wildman–Crippen LogP) is 1.86. The standard InChI is InChI=1S/C13H25N5/c1-10(2)18(5)12-8-11(16-9-17-12)15-7-6-13(3,4)14/h8-10H,6-7,14H2,1-5H3,(H,15,16,17). The van der Waals surface area contributed by atoms with E-state index in [1.54, 1.807) is 6.33 Å². The molecule has 0 saturated carbocycles. The van der Waals surface area contributed by atoms with Crippen molar-refractivity contribution in [3.05, 3.63) is 12.4 Å². The molecule has 3 N–H and O–H groups in total. The van der Waals surface area contributed by atoms with Crippen molar-refractivity contribution in [2.45, 2.75) is 45.7 Å². The Balaban J connectivity index is 2.60. The van der Waals surface area contributed by atoms with E-state index in [4.69, 9.17) is 5.73 Å². The molecule has 0 aliphatic rings. The quantitative estimate of drug-likeness (QED) is 0.808. The Hall–Kier alpha value is -1.36. The Bertz CT molecular complexity index is 370. The molecule has 1 rings (SSSR count). The van der Waals surface area contributed by atoms with Crippen molar-refractivity contribution in [1.82, 2.24) is 9.97 Å². The monoisotopic (exact) mass is 251 g/mol. The number of rotatable bonds is 6. The van der Waals surface area contributed by atoms with E-state index >= 15 is 0 Å². The summed E-state index contributed by atoms with van der Waals surface area (Å²) in [7, 11) is 2.03. The zero-order valence-electron chi connectivity index (χ0n) is 12.1. The van der Waals surface area contributed by atoms with Gasteiger partial charge in [-0.05, 0) is 34.1 Å². The van der Waals surface area contributed by atoms with Crippen LogP contribution in [0.1, 0.15) is 34.1 Å². The van der Waals surface area contributed by atoms with Crippen LogP contribution in [0.25, 0.3) is 0 Å². The van der Waals surface area contributed by atoms with Crippen LogP contribution in [0.5, 0.6) is 0 Å². The van der Waals surface area contributed by atoms with E-state index in [9.17, 15) is 0 Å². The Morgan fingerprint density at radius 2 is 2.06 bits per heavy atom. The fourth-order valence-corrected chi connectivity index (χ4v) is 1.41. The van der Waals surface area contributed by atoms with Crippen LogP contribution < -0.4 is 16.0 Å². The number of nitrogens with two attached hydrogens (primary N) is 1. The minimum Gasteiger partial charge on any atom is -0.370 e. The molecule has 1 heterocycles. The third kappa shape index (κ3) is 4.87. The minimum absolute atomic E-state index is 0.155. The molecule has 0 saturated heterocycles. The maximum absolute atomic E-state index is 5.94. The zero-order valence-corrected chi connectivity index (χ0v) is 12.1. The van der Waals surface area contributed by atoms with Gasteiger partial charge in [0.2, 0.25) is 0 Å². The van der Waals surface area contributed by atoms with Crippen molar-refractivity contribution in [3.63, 3.8) is 0 Å². The molecule has 0 spiro atoms. The van der Waals surface area contributed by atoms with Crippen LogP contribution in [-0.4, -0.2) is 35.1 Å². The maximum Gasteiger partial charge on any atom is 0.134 e. The van der Waals surface area contributed by atoms with Crippen molar-refractivity contribution in [1.29, 1.82) is 0 Å². The van der Waals surface area contributed by atoms with Crippen molar-refractivity contribution in [2.75, 3.05) is 23.8 Å². The second-order valence-corrected chi connectivity index (χ2v) is 5.63. The smallest absolute Gasteiger partial charge is 0.134 e. The van der Waals surface area contributed by atoms with Crippen LogP contribution in [0, 0.1) is 0 Å². The average molecular weight is 251 g/mol. The Labute approximate surface area is 110 Å². The van der Waals surface area contributed by atoms with Gasteiger partial charge in [-0.3, -0.25) is 0 Å². The van der Waals surface area contributed by atoms with E-state index in [-0.39, 0.29) is 5.54 Å².